The smallest absolute Gasteiger partial charge is 0.222 e. The number of hydrogen-bond donors (Lipinski definition) is 2. The van der Waals surface area contributed by atoms with E-state index >= 15 is 0 Å². The Bertz CT molecular complexity index is 450. The van der Waals surface area contributed by atoms with Crippen LogP contribution in [0.15, 0.2) is 12.3 Å². The van der Waals surface area contributed by atoms with Crippen molar-refractivity contribution >= 4 is 11.7 Å². The predicted molar refractivity (Wildman–Crippen MR) is 72.9 cm³/mol. The van der Waals surface area contributed by atoms with Crippen molar-refractivity contribution in [2.75, 3.05) is 25.0 Å². The molecular weight excluding hydrogens is 244 g/mol. The molecule has 0 bridgehead atoms. The number of aliphatic hydroxyl groups is 1. The second-order valence-corrected chi connectivity index (χ2v) is 5.85. The summed E-state index contributed by atoms with van der Waals surface area (Å²) in [7, 11) is 0. The van der Waals surface area contributed by atoms with E-state index in [4.69, 9.17) is 0 Å². The van der Waals surface area contributed by atoms with Gasteiger partial charge in [-0.05, 0) is 20.3 Å². The van der Waals surface area contributed by atoms with Crippen molar-refractivity contribution in [1.29, 1.82) is 0 Å². The van der Waals surface area contributed by atoms with Crippen molar-refractivity contribution in [2.45, 2.75) is 38.8 Å². The highest BCUT2D eigenvalue weighted by Gasteiger charge is 2.28. The number of likely N-dealkylation sites (tertiary alicyclic amines) is 1. The van der Waals surface area contributed by atoms with Crippen LogP contribution in [0.25, 0.3) is 0 Å². The maximum Gasteiger partial charge on any atom is 0.222 e. The van der Waals surface area contributed by atoms with Crippen LogP contribution in [-0.2, 0) is 4.79 Å². The molecule has 0 radical (unpaired) electrons. The van der Waals surface area contributed by atoms with Crippen molar-refractivity contribution in [3.05, 3.63) is 12.3 Å². The van der Waals surface area contributed by atoms with Gasteiger partial charge in [0.05, 0.1) is 11.6 Å². The highest BCUT2D eigenvalue weighted by atomic mass is 16.3. The summed E-state index contributed by atoms with van der Waals surface area (Å²) >= 11 is 0. The van der Waals surface area contributed by atoms with Crippen LogP contribution in [0.2, 0.25) is 0 Å². The Morgan fingerprint density at radius 1 is 1.63 bits per heavy atom. The van der Waals surface area contributed by atoms with Gasteiger partial charge in [-0.15, -0.1) is 0 Å². The molecule has 106 valence electrons. The first kappa shape index (κ1) is 14.0. The Kier molecular flexibility index (Phi) is 3.91. The van der Waals surface area contributed by atoms with Crippen molar-refractivity contribution in [3.63, 3.8) is 0 Å². The summed E-state index contributed by atoms with van der Waals surface area (Å²) in [6.07, 6.45) is 2.90. The number of rotatable bonds is 4. The number of anilines is 1. The van der Waals surface area contributed by atoms with Gasteiger partial charge in [0.25, 0.3) is 0 Å². The third-order valence-corrected chi connectivity index (χ3v) is 3.14. The Hall–Kier alpha value is -1.40. The van der Waals surface area contributed by atoms with Gasteiger partial charge in [0, 0.05) is 38.8 Å². The molecule has 6 heteroatoms. The molecule has 1 saturated heterocycles. The van der Waals surface area contributed by atoms with Crippen LogP contribution in [0.5, 0.6) is 0 Å². The van der Waals surface area contributed by atoms with E-state index in [2.05, 4.69) is 15.3 Å². The second kappa shape index (κ2) is 5.30. The van der Waals surface area contributed by atoms with E-state index < -0.39 is 5.60 Å². The van der Waals surface area contributed by atoms with Crippen LogP contribution in [-0.4, -0.2) is 50.9 Å². The molecule has 0 aromatic carbocycles. The van der Waals surface area contributed by atoms with E-state index in [9.17, 15) is 9.90 Å². The van der Waals surface area contributed by atoms with E-state index in [1.807, 2.05) is 24.7 Å². The summed E-state index contributed by atoms with van der Waals surface area (Å²) in [4.78, 5) is 13.2. The van der Waals surface area contributed by atoms with Crippen LogP contribution in [0.1, 0.15) is 33.2 Å². The summed E-state index contributed by atoms with van der Waals surface area (Å²) in [5.41, 5.74) is -0.666. The van der Waals surface area contributed by atoms with Gasteiger partial charge in [-0.3, -0.25) is 14.4 Å². The summed E-state index contributed by atoms with van der Waals surface area (Å²) < 4.78 is 1.90. The SMILES string of the molecule is CC(=O)Nc1ccn(C2CCN(CC(C)(C)O)C2)n1. The number of carbonyl (C=O) groups excluding carboxylic acids is 1. The van der Waals surface area contributed by atoms with Crippen molar-refractivity contribution in [1.82, 2.24) is 14.7 Å². The second-order valence-electron chi connectivity index (χ2n) is 5.85. The maximum absolute atomic E-state index is 11.0. The van der Waals surface area contributed by atoms with Crippen LogP contribution < -0.4 is 5.32 Å². The van der Waals surface area contributed by atoms with E-state index in [1.165, 1.54) is 6.92 Å². The molecule has 1 aromatic rings. The quantitative estimate of drug-likeness (QED) is 0.848. The summed E-state index contributed by atoms with van der Waals surface area (Å²) in [6, 6.07) is 2.12. The van der Waals surface area contributed by atoms with Crippen molar-refractivity contribution in [2.24, 2.45) is 0 Å². The molecule has 2 heterocycles. The van der Waals surface area contributed by atoms with E-state index in [0.717, 1.165) is 19.5 Å². The van der Waals surface area contributed by atoms with Crippen LogP contribution in [0.3, 0.4) is 0 Å². The largest absolute Gasteiger partial charge is 0.389 e. The van der Waals surface area contributed by atoms with E-state index in [-0.39, 0.29) is 5.91 Å². The van der Waals surface area contributed by atoms with Gasteiger partial charge >= 0.3 is 0 Å². The van der Waals surface area contributed by atoms with Crippen LogP contribution in [0, 0.1) is 0 Å². The number of nitrogens with one attached hydrogen (secondary N) is 1. The Morgan fingerprint density at radius 3 is 3.00 bits per heavy atom. The molecule has 1 fully saturated rings. The number of amides is 1. The highest BCUT2D eigenvalue weighted by molar-refractivity contribution is 5.87. The lowest BCUT2D eigenvalue weighted by Gasteiger charge is -2.25. The van der Waals surface area contributed by atoms with Crippen molar-refractivity contribution < 1.29 is 9.90 Å². The fraction of sp³-hybridized carbons (Fsp3) is 0.692. The summed E-state index contributed by atoms with van der Waals surface area (Å²) in [5.74, 6) is 0.480. The average molecular weight is 266 g/mol. The first-order valence-corrected chi connectivity index (χ1v) is 6.61. The fourth-order valence-corrected chi connectivity index (χ4v) is 2.51. The van der Waals surface area contributed by atoms with E-state index in [1.54, 1.807) is 6.07 Å². The molecule has 1 aliphatic heterocycles. The minimum Gasteiger partial charge on any atom is -0.389 e. The lowest BCUT2D eigenvalue weighted by molar-refractivity contribution is -0.114. The zero-order valence-electron chi connectivity index (χ0n) is 11.8. The number of carbonyl (C=O) groups is 1. The van der Waals surface area contributed by atoms with Gasteiger partial charge < -0.3 is 10.4 Å². The highest BCUT2D eigenvalue weighted by Crippen LogP contribution is 2.23. The fourth-order valence-electron chi connectivity index (χ4n) is 2.51. The van der Waals surface area contributed by atoms with Crippen molar-refractivity contribution in [3.8, 4) is 0 Å². The average Bonchev–Trinajstić information content (AvgIpc) is 2.83. The van der Waals surface area contributed by atoms with E-state index in [0.29, 0.717) is 18.4 Å². The molecule has 2 N–H and O–H groups in total. The Morgan fingerprint density at radius 2 is 2.37 bits per heavy atom. The van der Waals surface area contributed by atoms with Gasteiger partial charge in [-0.1, -0.05) is 0 Å². The molecule has 1 unspecified atom stereocenters. The topological polar surface area (TPSA) is 70.4 Å². The van der Waals surface area contributed by atoms with Crippen LogP contribution in [0.4, 0.5) is 5.82 Å². The van der Waals surface area contributed by atoms with Gasteiger partial charge in [-0.25, -0.2) is 0 Å². The molecule has 1 atom stereocenters. The molecule has 19 heavy (non-hydrogen) atoms. The van der Waals surface area contributed by atoms with Gasteiger partial charge in [0.15, 0.2) is 5.82 Å². The van der Waals surface area contributed by atoms with Gasteiger partial charge in [0.2, 0.25) is 5.91 Å². The zero-order chi connectivity index (χ0) is 14.0. The molecule has 6 nitrogen and oxygen atoms in total. The summed E-state index contributed by atoms with van der Waals surface area (Å²) in [6.45, 7) is 7.63. The third-order valence-electron chi connectivity index (χ3n) is 3.14. The van der Waals surface area contributed by atoms with Gasteiger partial charge in [-0.2, -0.15) is 5.10 Å². The number of β-amino-alcohol motifs (C(OH)–C–C–N with tert-alkyl or cyclic N) is 1. The molecule has 1 aliphatic rings. The Labute approximate surface area is 113 Å². The first-order valence-electron chi connectivity index (χ1n) is 6.61. The molecule has 1 amide bonds. The number of aromatic nitrogens is 2. The molecule has 0 spiro atoms. The molecular formula is C13H22N4O2. The van der Waals surface area contributed by atoms with Crippen LogP contribution >= 0.6 is 0 Å². The minimum atomic E-state index is -0.666. The molecule has 0 aliphatic carbocycles. The standard InChI is InChI=1S/C13H22N4O2/c1-10(18)14-12-5-7-17(15-12)11-4-6-16(8-11)9-13(2,3)19/h5,7,11,19H,4,6,8-9H2,1-3H3,(H,14,15,18). The number of nitrogens with zero attached hydrogens (tertiary/aromatic N) is 3. The predicted octanol–water partition coefficient (Wildman–Crippen LogP) is 0.859. The maximum atomic E-state index is 11.0. The molecule has 1 aromatic heterocycles. The molecule has 0 saturated carbocycles. The summed E-state index contributed by atoms with van der Waals surface area (Å²) in [5, 5.41) is 16.9. The lowest BCUT2D eigenvalue weighted by Crippen LogP contribution is -2.37. The monoisotopic (exact) mass is 266 g/mol. The minimum absolute atomic E-state index is 0.111. The normalized spacial score (nSPS) is 20.7. The Balaban J connectivity index is 1.93. The first-order chi connectivity index (χ1) is 8.83. The third kappa shape index (κ3) is 4.04. The number of hydrogen-bond acceptors (Lipinski definition) is 4. The zero-order valence-corrected chi connectivity index (χ0v) is 11.8. The van der Waals surface area contributed by atoms with Gasteiger partial charge in [0.1, 0.15) is 0 Å². The molecule has 2 rings (SSSR count). The lowest BCUT2D eigenvalue weighted by atomic mass is 10.1.